The molecular weight excluding hydrogens is 266 g/mol. The highest BCUT2D eigenvalue weighted by Crippen LogP contribution is 2.32. The number of likely N-dealkylation sites (N-methyl/N-ethyl adjacent to an activating group) is 1. The van der Waals surface area contributed by atoms with Crippen LogP contribution in [0.15, 0.2) is 60.2 Å². The molecule has 1 amide bonds. The summed E-state index contributed by atoms with van der Waals surface area (Å²) in [4.78, 5) is 26.2. The number of aliphatic hydroxyl groups excluding tert-OH is 1. The minimum atomic E-state index is -0.514. The summed E-state index contributed by atoms with van der Waals surface area (Å²) in [7, 11) is 1.58. The lowest BCUT2D eigenvalue weighted by Crippen LogP contribution is -2.30. The van der Waals surface area contributed by atoms with Gasteiger partial charge in [-0.05, 0) is 12.1 Å². The van der Waals surface area contributed by atoms with E-state index in [1.165, 1.54) is 4.90 Å². The topological polar surface area (TPSA) is 57.6 Å². The molecule has 0 fully saturated rings. The molecular formula is C17H13NO3. The molecule has 2 aromatic carbocycles. The Labute approximate surface area is 121 Å². The lowest BCUT2D eigenvalue weighted by Gasteiger charge is -2.17. The van der Waals surface area contributed by atoms with Crippen molar-refractivity contribution < 1.29 is 14.7 Å². The smallest absolute Gasteiger partial charge is 0.265 e. The second-order valence-corrected chi connectivity index (χ2v) is 4.80. The first kappa shape index (κ1) is 13.1. The highest BCUT2D eigenvalue weighted by molar-refractivity contribution is 6.36. The number of carbonyl (C=O) groups excluding carboxylic acids is 2. The van der Waals surface area contributed by atoms with Crippen molar-refractivity contribution in [3.63, 3.8) is 0 Å². The third-order valence-electron chi connectivity index (χ3n) is 3.55. The van der Waals surface area contributed by atoms with E-state index in [1.807, 2.05) is 6.07 Å². The molecule has 2 aromatic rings. The van der Waals surface area contributed by atoms with Crippen LogP contribution in [0.3, 0.4) is 0 Å². The molecule has 0 aliphatic heterocycles. The summed E-state index contributed by atoms with van der Waals surface area (Å²) in [5.41, 5.74) is 1.25. The molecule has 0 aromatic heterocycles. The van der Waals surface area contributed by atoms with Gasteiger partial charge in [0.1, 0.15) is 11.3 Å². The second-order valence-electron chi connectivity index (χ2n) is 4.80. The highest BCUT2D eigenvalue weighted by atomic mass is 16.3. The molecule has 1 aliphatic carbocycles. The van der Waals surface area contributed by atoms with E-state index in [0.717, 1.165) is 0 Å². The maximum atomic E-state index is 12.5. The van der Waals surface area contributed by atoms with Crippen LogP contribution >= 0.6 is 0 Å². The van der Waals surface area contributed by atoms with E-state index >= 15 is 0 Å². The first-order chi connectivity index (χ1) is 10.1. The zero-order valence-electron chi connectivity index (χ0n) is 11.4. The maximum absolute atomic E-state index is 12.5. The third-order valence-corrected chi connectivity index (χ3v) is 3.55. The van der Waals surface area contributed by atoms with Crippen molar-refractivity contribution in [2.75, 3.05) is 11.9 Å². The van der Waals surface area contributed by atoms with Gasteiger partial charge in [-0.2, -0.15) is 0 Å². The molecule has 104 valence electrons. The van der Waals surface area contributed by atoms with Gasteiger partial charge in [0.15, 0.2) is 0 Å². The number of hydrogen-bond donors (Lipinski definition) is 1. The summed E-state index contributed by atoms with van der Waals surface area (Å²) in [6, 6.07) is 15.6. The van der Waals surface area contributed by atoms with Crippen LogP contribution in [-0.2, 0) is 4.79 Å². The Morgan fingerprint density at radius 2 is 1.52 bits per heavy atom. The van der Waals surface area contributed by atoms with Gasteiger partial charge >= 0.3 is 0 Å². The fraction of sp³-hybridized carbons (Fsp3) is 0.0588. The molecule has 0 spiro atoms. The van der Waals surface area contributed by atoms with Gasteiger partial charge in [0.05, 0.1) is 0 Å². The number of anilines is 1. The van der Waals surface area contributed by atoms with Crippen LogP contribution in [0.25, 0.3) is 5.76 Å². The Hall–Kier alpha value is -2.88. The molecule has 0 atom stereocenters. The number of para-hydroxylation sites is 1. The first-order valence-electron chi connectivity index (χ1n) is 6.51. The standard InChI is InChI=1S/C17H13NO3/c1-18(11-7-3-2-4-8-11)17(21)14-15(19)12-9-5-6-10-13(12)16(14)20/h2-10,19H,1H3. The number of fused-ring (bicyclic) bond motifs is 1. The van der Waals surface area contributed by atoms with E-state index in [2.05, 4.69) is 0 Å². The van der Waals surface area contributed by atoms with Crippen LogP contribution in [0, 0.1) is 0 Å². The van der Waals surface area contributed by atoms with E-state index in [0.29, 0.717) is 16.8 Å². The van der Waals surface area contributed by atoms with Crippen LogP contribution in [-0.4, -0.2) is 23.8 Å². The summed E-state index contributed by atoms with van der Waals surface area (Å²) in [5, 5.41) is 10.2. The van der Waals surface area contributed by atoms with Crippen molar-refractivity contribution in [2.45, 2.75) is 0 Å². The van der Waals surface area contributed by atoms with E-state index in [1.54, 1.807) is 55.6 Å². The van der Waals surface area contributed by atoms with Gasteiger partial charge in [-0.3, -0.25) is 9.59 Å². The molecule has 0 heterocycles. The van der Waals surface area contributed by atoms with Crippen molar-refractivity contribution >= 4 is 23.1 Å². The van der Waals surface area contributed by atoms with Gasteiger partial charge in [0, 0.05) is 23.9 Å². The maximum Gasteiger partial charge on any atom is 0.265 e. The average molecular weight is 279 g/mol. The predicted molar refractivity (Wildman–Crippen MR) is 80.2 cm³/mol. The number of carbonyl (C=O) groups is 2. The van der Waals surface area contributed by atoms with Crippen molar-refractivity contribution in [2.24, 2.45) is 0 Å². The molecule has 1 aliphatic rings. The number of Topliss-reactive ketones (excluding diaryl/α,β-unsaturated/α-hetero) is 1. The van der Waals surface area contributed by atoms with Gasteiger partial charge < -0.3 is 10.0 Å². The summed E-state index contributed by atoms with van der Waals surface area (Å²) in [5.74, 6) is -1.20. The van der Waals surface area contributed by atoms with Crippen LogP contribution < -0.4 is 4.90 Å². The van der Waals surface area contributed by atoms with E-state index in [4.69, 9.17) is 0 Å². The molecule has 0 saturated carbocycles. The van der Waals surface area contributed by atoms with Crippen LogP contribution in [0.4, 0.5) is 5.69 Å². The third kappa shape index (κ3) is 2.01. The number of nitrogens with zero attached hydrogens (tertiary/aromatic N) is 1. The van der Waals surface area contributed by atoms with Crippen LogP contribution in [0.5, 0.6) is 0 Å². The van der Waals surface area contributed by atoms with Crippen molar-refractivity contribution in [3.8, 4) is 0 Å². The Bertz CT molecular complexity index is 763. The second kappa shape index (κ2) is 4.90. The minimum absolute atomic E-state index is 0.178. The quantitative estimate of drug-likeness (QED) is 0.860. The zero-order chi connectivity index (χ0) is 15.0. The van der Waals surface area contributed by atoms with Crippen molar-refractivity contribution in [1.82, 2.24) is 0 Å². The number of aliphatic hydroxyl groups is 1. The number of hydrogen-bond acceptors (Lipinski definition) is 3. The van der Waals surface area contributed by atoms with Gasteiger partial charge in [-0.25, -0.2) is 0 Å². The molecule has 1 N–H and O–H groups in total. The summed E-state index contributed by atoms with van der Waals surface area (Å²) >= 11 is 0. The minimum Gasteiger partial charge on any atom is -0.506 e. The van der Waals surface area contributed by atoms with E-state index < -0.39 is 11.7 Å². The van der Waals surface area contributed by atoms with Gasteiger partial charge in [0.2, 0.25) is 5.78 Å². The first-order valence-corrected chi connectivity index (χ1v) is 6.51. The normalized spacial score (nSPS) is 13.3. The summed E-state index contributed by atoms with van der Waals surface area (Å²) in [6.07, 6.45) is 0. The highest BCUT2D eigenvalue weighted by Gasteiger charge is 2.35. The Morgan fingerprint density at radius 3 is 2.14 bits per heavy atom. The van der Waals surface area contributed by atoms with Gasteiger partial charge in [-0.1, -0.05) is 42.5 Å². The molecule has 4 nitrogen and oxygen atoms in total. The van der Waals surface area contributed by atoms with Gasteiger partial charge in [-0.15, -0.1) is 0 Å². The lowest BCUT2D eigenvalue weighted by molar-refractivity contribution is -0.114. The molecule has 0 radical (unpaired) electrons. The predicted octanol–water partition coefficient (Wildman–Crippen LogP) is 2.82. The number of ketones is 1. The van der Waals surface area contributed by atoms with E-state index in [9.17, 15) is 14.7 Å². The van der Waals surface area contributed by atoms with Crippen molar-refractivity contribution in [3.05, 3.63) is 71.3 Å². The molecule has 0 saturated heterocycles. The monoisotopic (exact) mass is 279 g/mol. The molecule has 3 rings (SSSR count). The largest absolute Gasteiger partial charge is 0.506 e. The lowest BCUT2D eigenvalue weighted by atomic mass is 10.1. The molecule has 0 bridgehead atoms. The Balaban J connectivity index is 2.00. The molecule has 0 unspecified atom stereocenters. The molecule has 21 heavy (non-hydrogen) atoms. The van der Waals surface area contributed by atoms with Crippen LogP contribution in [0.2, 0.25) is 0 Å². The Morgan fingerprint density at radius 1 is 0.952 bits per heavy atom. The van der Waals surface area contributed by atoms with Crippen LogP contribution in [0.1, 0.15) is 15.9 Å². The number of rotatable bonds is 2. The number of benzene rings is 2. The summed E-state index contributed by atoms with van der Waals surface area (Å²) < 4.78 is 0. The average Bonchev–Trinajstić information content (AvgIpc) is 2.79. The fourth-order valence-corrected chi connectivity index (χ4v) is 2.40. The summed E-state index contributed by atoms with van der Waals surface area (Å²) in [6.45, 7) is 0. The van der Waals surface area contributed by atoms with Gasteiger partial charge in [0.25, 0.3) is 5.91 Å². The number of amides is 1. The van der Waals surface area contributed by atoms with Crippen molar-refractivity contribution in [1.29, 1.82) is 0 Å². The fourth-order valence-electron chi connectivity index (χ4n) is 2.40. The zero-order valence-corrected chi connectivity index (χ0v) is 11.4. The SMILES string of the molecule is CN(C(=O)C1=C(O)c2ccccc2C1=O)c1ccccc1. The Kier molecular flexibility index (Phi) is 3.06. The van der Waals surface area contributed by atoms with E-state index in [-0.39, 0.29) is 11.3 Å². The molecule has 4 heteroatoms.